The number of halogens is 7. The lowest BCUT2D eigenvalue weighted by molar-refractivity contribution is -0.123. The van der Waals surface area contributed by atoms with Crippen LogP contribution in [-0.4, -0.2) is 66.3 Å². The van der Waals surface area contributed by atoms with E-state index in [9.17, 15) is 30.8 Å². The number of fused-ring (bicyclic) bond motifs is 5. The van der Waals surface area contributed by atoms with Crippen molar-refractivity contribution < 1.29 is 44.3 Å². The van der Waals surface area contributed by atoms with E-state index in [2.05, 4.69) is 30.2 Å². The first kappa shape index (κ1) is 43.7. The number of alkyl halides is 4. The lowest BCUT2D eigenvalue weighted by Gasteiger charge is -2.24. The van der Waals surface area contributed by atoms with E-state index >= 15 is 13.6 Å². The van der Waals surface area contributed by atoms with Crippen LogP contribution in [0.4, 0.5) is 32.2 Å². The summed E-state index contributed by atoms with van der Waals surface area (Å²) in [6.45, 7) is 2.74. The highest BCUT2D eigenvalue weighted by atomic mass is 35.5. The quantitative estimate of drug-likeness (QED) is 0.112. The predicted molar refractivity (Wildman–Crippen MR) is 225 cm³/mol. The van der Waals surface area contributed by atoms with Crippen LogP contribution in [0.5, 0.6) is 5.88 Å². The van der Waals surface area contributed by atoms with E-state index in [-0.39, 0.29) is 67.6 Å². The summed E-state index contributed by atoms with van der Waals surface area (Å²) in [5.41, 5.74) is -1.78. The summed E-state index contributed by atoms with van der Waals surface area (Å²) in [5.74, 6) is -8.49. The standard InChI is InChI=1S/C42H35ClF6N10O5S/c1-5-64-32-16-27(50-18(2)51-32)20-6-7-23-28(13-20)53-40(59(41(23)61)30-9-8-26(43)34-36(30)57(3)55-39(34)56-65(4,62)63)29(12-19-10-21(44)14-22(45)11-19)52-31(60)17-58-37-33(35(54-58)38(46)47)24-15-25(24)42(37,48)49/h6-11,13-14,16,24-25,29,38H,5,12,15,17H2,1-4H3,(H,52,60)(H,55,56)/t24-,25+,29-/m0/s1. The topological polar surface area (TPSA) is 181 Å². The van der Waals surface area contributed by atoms with Crippen molar-refractivity contribution in [2.75, 3.05) is 17.6 Å². The molecule has 65 heavy (non-hydrogen) atoms. The van der Waals surface area contributed by atoms with Gasteiger partial charge in [0.25, 0.3) is 17.9 Å². The molecule has 2 aliphatic carbocycles. The van der Waals surface area contributed by atoms with Crippen molar-refractivity contribution in [1.82, 2.24) is 44.4 Å². The van der Waals surface area contributed by atoms with Crippen LogP contribution >= 0.6 is 11.6 Å². The predicted octanol–water partition coefficient (Wildman–Crippen LogP) is 7.18. The van der Waals surface area contributed by atoms with Gasteiger partial charge in [0.2, 0.25) is 21.8 Å². The fourth-order valence-electron chi connectivity index (χ4n) is 8.65. The number of carbonyl (C=O) groups excluding carboxylic acids is 1. The zero-order chi connectivity index (χ0) is 46.4. The number of sulfonamides is 1. The minimum absolute atomic E-state index is 0.00205. The number of hydrogen-bond donors (Lipinski definition) is 2. The summed E-state index contributed by atoms with van der Waals surface area (Å²) in [7, 11) is -2.48. The van der Waals surface area contributed by atoms with E-state index in [1.54, 1.807) is 26.0 Å². The largest absolute Gasteiger partial charge is 0.478 e. The minimum atomic E-state index is -3.93. The first-order chi connectivity index (χ1) is 30.7. The Morgan fingerprint density at radius 3 is 2.46 bits per heavy atom. The lowest BCUT2D eigenvalue weighted by Crippen LogP contribution is -2.38. The van der Waals surface area contributed by atoms with Crippen molar-refractivity contribution >= 4 is 55.2 Å². The van der Waals surface area contributed by atoms with Crippen LogP contribution in [0.25, 0.3) is 38.8 Å². The molecule has 0 bridgehead atoms. The number of benzene rings is 3. The molecule has 3 atom stereocenters. The molecular weight excluding hydrogens is 906 g/mol. The average molecular weight is 941 g/mol. The van der Waals surface area contributed by atoms with E-state index < -0.39 is 87.7 Å². The van der Waals surface area contributed by atoms with Gasteiger partial charge in [-0.3, -0.25) is 28.2 Å². The maximum atomic E-state index is 15.6. The lowest BCUT2D eigenvalue weighted by atomic mass is 10.0. The number of rotatable bonds is 13. The smallest absolute Gasteiger partial charge is 0.293 e. The summed E-state index contributed by atoms with van der Waals surface area (Å²) in [5, 5.41) is 10.8. The van der Waals surface area contributed by atoms with Gasteiger partial charge in [0.1, 0.15) is 41.2 Å². The van der Waals surface area contributed by atoms with Gasteiger partial charge in [0.05, 0.1) is 57.1 Å². The summed E-state index contributed by atoms with van der Waals surface area (Å²) < 4.78 is 125. The van der Waals surface area contributed by atoms with Crippen LogP contribution in [0.1, 0.15) is 65.9 Å². The molecule has 7 aromatic rings. The Kier molecular flexibility index (Phi) is 10.7. The van der Waals surface area contributed by atoms with E-state index in [1.165, 1.54) is 36.0 Å². The third kappa shape index (κ3) is 7.91. The molecule has 0 unspecified atom stereocenters. The normalized spacial score (nSPS) is 16.8. The number of anilines is 1. The van der Waals surface area contributed by atoms with Crippen LogP contribution < -0.4 is 20.3 Å². The van der Waals surface area contributed by atoms with Gasteiger partial charge in [0, 0.05) is 42.6 Å². The van der Waals surface area contributed by atoms with E-state index in [0.717, 1.165) is 23.0 Å². The summed E-state index contributed by atoms with van der Waals surface area (Å²) in [4.78, 5) is 43.0. The molecule has 338 valence electrons. The second-order valence-electron chi connectivity index (χ2n) is 15.8. The Balaban J connectivity index is 1.26. The first-order valence-electron chi connectivity index (χ1n) is 19.9. The van der Waals surface area contributed by atoms with Gasteiger partial charge in [-0.15, -0.1) is 0 Å². The van der Waals surface area contributed by atoms with Crippen molar-refractivity contribution in [3.05, 3.63) is 116 Å². The van der Waals surface area contributed by atoms with E-state index in [1.807, 2.05) is 0 Å². The van der Waals surface area contributed by atoms with Crippen molar-refractivity contribution in [2.24, 2.45) is 13.0 Å². The fraction of sp³-hybridized carbons (Fsp3) is 0.310. The maximum Gasteiger partial charge on any atom is 0.293 e. The van der Waals surface area contributed by atoms with Crippen molar-refractivity contribution in [1.29, 1.82) is 0 Å². The third-order valence-electron chi connectivity index (χ3n) is 11.2. The summed E-state index contributed by atoms with van der Waals surface area (Å²) >= 11 is 6.65. The molecule has 0 radical (unpaired) electrons. The number of hydrogen-bond acceptors (Lipinski definition) is 10. The van der Waals surface area contributed by atoms with Crippen LogP contribution in [-0.2, 0) is 40.8 Å². The van der Waals surface area contributed by atoms with Crippen LogP contribution in [0, 0.1) is 24.5 Å². The van der Waals surface area contributed by atoms with Gasteiger partial charge in [-0.2, -0.15) is 24.0 Å². The number of ether oxygens (including phenoxy) is 1. The van der Waals surface area contributed by atoms with Gasteiger partial charge < -0.3 is 10.1 Å². The van der Waals surface area contributed by atoms with E-state index in [0.29, 0.717) is 34.4 Å². The number of carbonyl (C=O) groups is 1. The maximum absolute atomic E-state index is 15.6. The second kappa shape index (κ2) is 15.9. The monoisotopic (exact) mass is 940 g/mol. The van der Waals surface area contributed by atoms with Gasteiger partial charge >= 0.3 is 0 Å². The van der Waals surface area contributed by atoms with Crippen molar-refractivity contribution in [2.45, 2.75) is 57.5 Å². The zero-order valence-electron chi connectivity index (χ0n) is 34.5. The molecule has 2 N–H and O–H groups in total. The molecule has 9 rings (SSSR count). The van der Waals surface area contributed by atoms with Gasteiger partial charge in [-0.25, -0.2) is 35.9 Å². The molecule has 4 aromatic heterocycles. The van der Waals surface area contributed by atoms with Crippen molar-refractivity contribution in [3.63, 3.8) is 0 Å². The highest BCUT2D eigenvalue weighted by Gasteiger charge is 2.67. The minimum Gasteiger partial charge on any atom is -0.478 e. The number of aromatic nitrogens is 8. The number of nitrogens with zero attached hydrogens (tertiary/aromatic N) is 8. The average Bonchev–Trinajstić information content (AvgIpc) is 3.75. The molecule has 1 saturated carbocycles. The highest BCUT2D eigenvalue weighted by Crippen LogP contribution is 2.68. The molecule has 23 heteroatoms. The molecule has 0 saturated heterocycles. The van der Waals surface area contributed by atoms with Crippen LogP contribution in [0.15, 0.2) is 59.4 Å². The SMILES string of the molecule is CCOc1cc(-c2ccc3c(=O)n(-c4ccc(Cl)c5c(NS(C)(=O)=O)nn(C)c45)c([C@H](Cc4cc(F)cc(F)c4)NC(=O)Cn4nc(C(F)F)c5c4C(F)(F)[C@@H]4C[C@H]54)nc3c2)nc(C)n1. The molecule has 15 nitrogen and oxygen atoms in total. The number of nitrogens with one attached hydrogen (secondary N) is 2. The molecule has 0 spiro atoms. The van der Waals surface area contributed by atoms with Gasteiger partial charge in [-0.05, 0) is 68.1 Å². The molecular formula is C42H35ClF6N10O5S. The Morgan fingerprint density at radius 1 is 1.03 bits per heavy atom. The number of amides is 1. The van der Waals surface area contributed by atoms with Crippen LogP contribution in [0.3, 0.4) is 0 Å². The number of aryl methyl sites for hydroxylation is 2. The van der Waals surface area contributed by atoms with E-state index in [4.69, 9.17) is 21.3 Å². The molecule has 0 aliphatic heterocycles. The molecule has 4 heterocycles. The van der Waals surface area contributed by atoms with Gasteiger partial charge in [-0.1, -0.05) is 17.7 Å². The molecule has 2 aliphatic rings. The third-order valence-corrected chi connectivity index (χ3v) is 12.1. The molecule has 1 amide bonds. The Morgan fingerprint density at radius 2 is 1.77 bits per heavy atom. The molecule has 3 aromatic carbocycles. The van der Waals surface area contributed by atoms with Gasteiger partial charge in [0.15, 0.2) is 5.82 Å². The first-order valence-corrected chi connectivity index (χ1v) is 22.2. The Labute approximate surface area is 369 Å². The molecule has 1 fully saturated rings. The highest BCUT2D eigenvalue weighted by molar-refractivity contribution is 7.92. The van der Waals surface area contributed by atoms with Crippen molar-refractivity contribution in [3.8, 4) is 22.8 Å². The Bertz CT molecular complexity index is 3290. The fourth-order valence-corrected chi connectivity index (χ4v) is 9.39. The Hall–Kier alpha value is -6.55. The van der Waals surface area contributed by atoms with Crippen LogP contribution in [0.2, 0.25) is 5.02 Å². The second-order valence-corrected chi connectivity index (χ2v) is 18.0. The summed E-state index contributed by atoms with van der Waals surface area (Å²) in [6.07, 6.45) is -2.81. The zero-order valence-corrected chi connectivity index (χ0v) is 36.1. The summed E-state index contributed by atoms with van der Waals surface area (Å²) in [6, 6.07) is 9.99.